The summed E-state index contributed by atoms with van der Waals surface area (Å²) in [4.78, 5) is 12.8. The number of carbonyl (C=O) groups excluding carboxylic acids is 1. The molecule has 2 aromatic carbocycles. The molecule has 4 rings (SSSR count). The van der Waals surface area contributed by atoms with Crippen LogP contribution in [0.4, 0.5) is 0 Å². The van der Waals surface area contributed by atoms with Crippen LogP contribution in [0.25, 0.3) is 0 Å². The molecule has 0 saturated carbocycles. The van der Waals surface area contributed by atoms with Gasteiger partial charge in [-0.1, -0.05) is 24.6 Å². The Kier molecular flexibility index (Phi) is 4.35. The van der Waals surface area contributed by atoms with Crippen LogP contribution in [0.15, 0.2) is 54.6 Å². The first-order chi connectivity index (χ1) is 11.8. The standard InChI is InChI=1S/C21H23NO2/c23-21(16-13-17-5-4-6-18(14-16)22-17)15-9-11-20(12-10-15)24-19-7-2-1-3-8-19/h1-3,7-12,16-18,22H,4-6,13-14H2. The molecule has 2 saturated heterocycles. The zero-order valence-corrected chi connectivity index (χ0v) is 13.8. The Hall–Kier alpha value is -2.13. The second kappa shape index (κ2) is 6.78. The van der Waals surface area contributed by atoms with Gasteiger partial charge in [-0.3, -0.25) is 4.79 Å². The van der Waals surface area contributed by atoms with E-state index in [4.69, 9.17) is 4.74 Å². The molecule has 2 fully saturated rings. The van der Waals surface area contributed by atoms with Crippen LogP contribution in [0, 0.1) is 5.92 Å². The third kappa shape index (κ3) is 3.36. The van der Waals surface area contributed by atoms with Crippen molar-refractivity contribution in [1.29, 1.82) is 0 Å². The second-order valence-electron chi connectivity index (χ2n) is 6.96. The summed E-state index contributed by atoms with van der Waals surface area (Å²) >= 11 is 0. The molecule has 0 amide bonds. The van der Waals surface area contributed by atoms with Crippen molar-refractivity contribution in [3.8, 4) is 11.5 Å². The number of rotatable bonds is 4. The number of benzene rings is 2. The van der Waals surface area contributed by atoms with E-state index < -0.39 is 0 Å². The van der Waals surface area contributed by atoms with E-state index in [-0.39, 0.29) is 5.92 Å². The van der Waals surface area contributed by atoms with Gasteiger partial charge in [-0.2, -0.15) is 0 Å². The van der Waals surface area contributed by atoms with E-state index in [0.717, 1.165) is 29.9 Å². The third-order valence-corrected chi connectivity index (χ3v) is 5.20. The van der Waals surface area contributed by atoms with Crippen molar-refractivity contribution >= 4 is 5.78 Å². The summed E-state index contributed by atoms with van der Waals surface area (Å²) in [6.45, 7) is 0. The molecule has 2 heterocycles. The molecule has 3 heteroatoms. The van der Waals surface area contributed by atoms with Gasteiger partial charge in [0.25, 0.3) is 0 Å². The van der Waals surface area contributed by atoms with E-state index >= 15 is 0 Å². The van der Waals surface area contributed by atoms with Gasteiger partial charge in [0.05, 0.1) is 0 Å². The van der Waals surface area contributed by atoms with Gasteiger partial charge in [-0.15, -0.1) is 0 Å². The number of ketones is 1. The Balaban J connectivity index is 1.43. The average molecular weight is 321 g/mol. The minimum absolute atomic E-state index is 0.169. The summed E-state index contributed by atoms with van der Waals surface area (Å²) in [6, 6.07) is 18.4. The average Bonchev–Trinajstić information content (AvgIpc) is 2.62. The van der Waals surface area contributed by atoms with Crippen molar-refractivity contribution < 1.29 is 9.53 Å². The van der Waals surface area contributed by atoms with Crippen LogP contribution < -0.4 is 10.1 Å². The van der Waals surface area contributed by atoms with Gasteiger partial charge < -0.3 is 10.1 Å². The lowest BCUT2D eigenvalue weighted by Crippen LogP contribution is -2.50. The van der Waals surface area contributed by atoms with E-state index in [2.05, 4.69) is 5.32 Å². The number of piperidine rings is 2. The van der Waals surface area contributed by atoms with Gasteiger partial charge in [-0.25, -0.2) is 0 Å². The van der Waals surface area contributed by atoms with Crippen molar-refractivity contribution in [2.45, 2.75) is 44.2 Å². The molecule has 2 bridgehead atoms. The Morgan fingerprint density at radius 2 is 1.50 bits per heavy atom. The van der Waals surface area contributed by atoms with Crippen molar-refractivity contribution in [2.24, 2.45) is 5.92 Å². The van der Waals surface area contributed by atoms with Crippen LogP contribution in [0.1, 0.15) is 42.5 Å². The molecule has 3 nitrogen and oxygen atoms in total. The number of nitrogens with one attached hydrogen (secondary N) is 1. The SMILES string of the molecule is O=C(c1ccc(Oc2ccccc2)cc1)C1CC2CCCC(C1)N2. The number of Topliss-reactive ketones (excluding diaryl/α,β-unsaturated/α-hetero) is 1. The number of carbonyl (C=O) groups is 1. The lowest BCUT2D eigenvalue weighted by atomic mass is 9.77. The number of para-hydroxylation sites is 1. The first kappa shape index (κ1) is 15.4. The Labute approximate surface area is 143 Å². The maximum Gasteiger partial charge on any atom is 0.166 e. The molecule has 2 aliphatic rings. The second-order valence-corrected chi connectivity index (χ2v) is 6.96. The van der Waals surface area contributed by atoms with E-state index in [1.165, 1.54) is 19.3 Å². The first-order valence-corrected chi connectivity index (χ1v) is 8.91. The van der Waals surface area contributed by atoms with Crippen LogP contribution in [0.3, 0.4) is 0 Å². The van der Waals surface area contributed by atoms with Crippen molar-refractivity contribution in [1.82, 2.24) is 5.32 Å². The van der Waals surface area contributed by atoms with Crippen molar-refractivity contribution in [3.05, 3.63) is 60.2 Å². The molecule has 2 atom stereocenters. The van der Waals surface area contributed by atoms with Crippen molar-refractivity contribution in [2.75, 3.05) is 0 Å². The molecule has 0 spiro atoms. The molecule has 2 aliphatic heterocycles. The van der Waals surface area contributed by atoms with E-state index in [0.29, 0.717) is 17.9 Å². The molecule has 0 aliphatic carbocycles. The molecule has 24 heavy (non-hydrogen) atoms. The number of fused-ring (bicyclic) bond motifs is 2. The molecule has 2 aromatic rings. The van der Waals surface area contributed by atoms with E-state index in [9.17, 15) is 4.79 Å². The predicted octanol–water partition coefficient (Wildman–Crippen LogP) is 4.58. The summed E-state index contributed by atoms with van der Waals surface area (Å²) < 4.78 is 5.80. The van der Waals surface area contributed by atoms with Gasteiger partial charge in [0.1, 0.15) is 11.5 Å². The highest BCUT2D eigenvalue weighted by Gasteiger charge is 2.34. The summed E-state index contributed by atoms with van der Waals surface area (Å²) in [7, 11) is 0. The maximum atomic E-state index is 12.8. The zero-order valence-electron chi connectivity index (χ0n) is 13.8. The maximum absolute atomic E-state index is 12.8. The van der Waals surface area contributed by atoms with Gasteiger partial charge in [0.15, 0.2) is 5.78 Å². The van der Waals surface area contributed by atoms with Crippen LogP contribution in [-0.4, -0.2) is 17.9 Å². The van der Waals surface area contributed by atoms with Crippen molar-refractivity contribution in [3.63, 3.8) is 0 Å². The van der Waals surface area contributed by atoms with Gasteiger partial charge in [0, 0.05) is 23.6 Å². The molecule has 2 unspecified atom stereocenters. The largest absolute Gasteiger partial charge is 0.457 e. The monoisotopic (exact) mass is 321 g/mol. The fourth-order valence-electron chi connectivity index (χ4n) is 4.03. The summed E-state index contributed by atoms with van der Waals surface area (Å²) in [5, 5.41) is 3.65. The highest BCUT2D eigenvalue weighted by atomic mass is 16.5. The molecule has 0 aromatic heterocycles. The highest BCUT2D eigenvalue weighted by Crippen LogP contribution is 2.32. The summed E-state index contributed by atoms with van der Waals surface area (Å²) in [6.07, 6.45) is 5.69. The smallest absolute Gasteiger partial charge is 0.166 e. The van der Waals surface area contributed by atoms with Crippen LogP contribution in [-0.2, 0) is 0 Å². The van der Waals surface area contributed by atoms with E-state index in [1.54, 1.807) is 0 Å². The number of hydrogen-bond donors (Lipinski definition) is 1. The van der Waals surface area contributed by atoms with E-state index in [1.807, 2.05) is 54.6 Å². The quantitative estimate of drug-likeness (QED) is 0.838. The lowest BCUT2D eigenvalue weighted by molar-refractivity contribution is 0.0825. The third-order valence-electron chi connectivity index (χ3n) is 5.20. The topological polar surface area (TPSA) is 38.3 Å². The Bertz CT molecular complexity index is 684. The number of ether oxygens (including phenoxy) is 1. The normalized spacial score (nSPS) is 25.9. The van der Waals surface area contributed by atoms with Crippen LogP contribution in [0.2, 0.25) is 0 Å². The Morgan fingerprint density at radius 1 is 0.875 bits per heavy atom. The fraction of sp³-hybridized carbons (Fsp3) is 0.381. The highest BCUT2D eigenvalue weighted by molar-refractivity contribution is 5.98. The van der Waals surface area contributed by atoms with Crippen LogP contribution >= 0.6 is 0 Å². The molecule has 0 radical (unpaired) electrons. The lowest BCUT2D eigenvalue weighted by Gasteiger charge is -2.39. The van der Waals surface area contributed by atoms with Gasteiger partial charge in [0.2, 0.25) is 0 Å². The zero-order chi connectivity index (χ0) is 16.4. The summed E-state index contributed by atoms with van der Waals surface area (Å²) in [5.41, 5.74) is 0.806. The van der Waals surface area contributed by atoms with Gasteiger partial charge in [-0.05, 0) is 62.1 Å². The summed E-state index contributed by atoms with van der Waals surface area (Å²) in [5.74, 6) is 2.03. The number of hydrogen-bond acceptors (Lipinski definition) is 3. The molecular formula is C21H23NO2. The fourth-order valence-corrected chi connectivity index (χ4v) is 4.03. The van der Waals surface area contributed by atoms with Crippen LogP contribution in [0.5, 0.6) is 11.5 Å². The molecule has 1 N–H and O–H groups in total. The minimum Gasteiger partial charge on any atom is -0.457 e. The Morgan fingerprint density at radius 3 is 2.17 bits per heavy atom. The molecule has 124 valence electrons. The van der Waals surface area contributed by atoms with Gasteiger partial charge >= 0.3 is 0 Å². The predicted molar refractivity (Wildman–Crippen MR) is 94.6 cm³/mol. The first-order valence-electron chi connectivity index (χ1n) is 8.91. The minimum atomic E-state index is 0.169. The molecular weight excluding hydrogens is 298 g/mol.